The van der Waals surface area contributed by atoms with Gasteiger partial charge in [0.15, 0.2) is 0 Å². The quantitative estimate of drug-likeness (QED) is 0.0509. The van der Waals surface area contributed by atoms with Gasteiger partial charge in [0.05, 0.1) is 12.3 Å². The molecule has 0 aliphatic heterocycles. The Hall–Kier alpha value is -3.55. The third-order valence-electron chi connectivity index (χ3n) is 9.16. The molecule has 0 heterocycles. The monoisotopic (exact) mass is 641 g/mol. The smallest absolute Gasteiger partial charge is 0.261 e. The second kappa shape index (κ2) is 15.8. The summed E-state index contributed by atoms with van der Waals surface area (Å²) in [6.07, 6.45) is 10.4. The van der Waals surface area contributed by atoms with Gasteiger partial charge in [-0.3, -0.25) is 0 Å². The fourth-order valence-corrected chi connectivity index (χ4v) is 15.6. The zero-order valence-corrected chi connectivity index (χ0v) is 30.0. The molecule has 0 radical (unpaired) electrons. The molecule has 0 aliphatic rings. The lowest BCUT2D eigenvalue weighted by molar-refractivity contribution is 0.218. The van der Waals surface area contributed by atoms with Crippen molar-refractivity contribution in [1.29, 1.82) is 0 Å². The molecule has 5 aromatic rings. The second-order valence-electron chi connectivity index (χ2n) is 13.2. The van der Waals surface area contributed by atoms with Gasteiger partial charge in [0.2, 0.25) is 0 Å². The molecule has 0 bridgehead atoms. The van der Waals surface area contributed by atoms with Gasteiger partial charge in [-0.1, -0.05) is 168 Å². The highest BCUT2D eigenvalue weighted by Gasteiger charge is 2.51. The Morgan fingerprint density at radius 2 is 0.978 bits per heavy atom. The van der Waals surface area contributed by atoms with Crippen LogP contribution in [0.3, 0.4) is 0 Å². The van der Waals surface area contributed by atoms with Gasteiger partial charge in [0.25, 0.3) is 8.32 Å². The van der Waals surface area contributed by atoms with E-state index in [9.17, 15) is 0 Å². The minimum absolute atomic E-state index is 0.0158. The summed E-state index contributed by atoms with van der Waals surface area (Å²) in [5.74, 6) is 0. The van der Waals surface area contributed by atoms with Crippen LogP contribution in [0.15, 0.2) is 164 Å². The van der Waals surface area contributed by atoms with Crippen LogP contribution in [0.25, 0.3) is 0 Å². The Morgan fingerprint density at radius 1 is 0.587 bits per heavy atom. The topological polar surface area (TPSA) is 9.23 Å². The van der Waals surface area contributed by atoms with Crippen LogP contribution in [0.1, 0.15) is 53.4 Å². The molecule has 0 saturated carbocycles. The van der Waals surface area contributed by atoms with E-state index in [1.165, 1.54) is 39.1 Å². The van der Waals surface area contributed by atoms with Crippen molar-refractivity contribution < 1.29 is 4.43 Å². The summed E-state index contributed by atoms with van der Waals surface area (Å²) in [5.41, 5.74) is 0. The van der Waals surface area contributed by atoms with Crippen LogP contribution in [0.5, 0.6) is 0 Å². The first kappa shape index (κ1) is 33.8. The van der Waals surface area contributed by atoms with E-state index in [4.69, 9.17) is 4.43 Å². The number of hydrogen-bond donors (Lipinski definition) is 0. The van der Waals surface area contributed by atoms with E-state index in [0.29, 0.717) is 0 Å². The summed E-state index contributed by atoms with van der Waals surface area (Å²) in [6, 6.07) is 55.7. The molecule has 0 aromatic heterocycles. The van der Waals surface area contributed by atoms with Gasteiger partial charge in [-0.05, 0) is 64.3 Å². The molecular weight excluding hydrogens is 592 g/mol. The predicted octanol–water partition coefficient (Wildman–Crippen LogP) is 9.06. The second-order valence-corrected chi connectivity index (χ2v) is 21.0. The SMILES string of the molecule is CCCCCC(/C=C/C[P+](c1ccccc1)(c1ccccc1)c1ccccc1)O[Si](c1ccccc1)(c1ccccc1)C(C)(C)C. The van der Waals surface area contributed by atoms with Crippen LogP contribution < -0.4 is 26.3 Å². The average Bonchev–Trinajstić information content (AvgIpc) is 3.10. The third kappa shape index (κ3) is 7.36. The molecule has 46 heavy (non-hydrogen) atoms. The first-order valence-corrected chi connectivity index (χ1v) is 20.8. The highest BCUT2D eigenvalue weighted by molar-refractivity contribution is 7.95. The van der Waals surface area contributed by atoms with Crippen LogP contribution in [-0.2, 0) is 4.43 Å². The van der Waals surface area contributed by atoms with Crippen molar-refractivity contribution in [3.8, 4) is 0 Å². The van der Waals surface area contributed by atoms with Crippen molar-refractivity contribution in [2.75, 3.05) is 6.16 Å². The van der Waals surface area contributed by atoms with Crippen LogP contribution >= 0.6 is 7.26 Å². The Kier molecular flexibility index (Phi) is 11.6. The van der Waals surface area contributed by atoms with Gasteiger partial charge in [-0.2, -0.15) is 0 Å². The lowest BCUT2D eigenvalue weighted by atomic mass is 10.1. The standard InChI is InChI=1S/C43H50OPSi/c1-5-6-12-24-37(44-46(43(2,3)4,41-32-19-10-20-33-41)42-34-21-11-22-35-42)25-23-36-45(38-26-13-7-14-27-38,39-28-15-8-16-29-39)40-30-17-9-18-31-40/h7-11,13-23,25-35,37H,5-6,12,24,36H2,1-4H3/q+1/b25-23+. The van der Waals surface area contributed by atoms with Gasteiger partial charge < -0.3 is 4.43 Å². The van der Waals surface area contributed by atoms with Crippen molar-refractivity contribution in [2.24, 2.45) is 0 Å². The summed E-state index contributed by atoms with van der Waals surface area (Å²) in [5, 5.41) is 6.83. The van der Waals surface area contributed by atoms with E-state index < -0.39 is 15.6 Å². The van der Waals surface area contributed by atoms with Gasteiger partial charge in [-0.25, -0.2) is 0 Å². The van der Waals surface area contributed by atoms with Crippen molar-refractivity contribution in [3.63, 3.8) is 0 Å². The summed E-state index contributed by atoms with van der Waals surface area (Å²) in [6.45, 7) is 9.42. The summed E-state index contributed by atoms with van der Waals surface area (Å²) in [7, 11) is -4.67. The average molecular weight is 642 g/mol. The molecule has 0 spiro atoms. The van der Waals surface area contributed by atoms with E-state index in [1.807, 2.05) is 0 Å². The van der Waals surface area contributed by atoms with E-state index >= 15 is 0 Å². The Bertz CT molecular complexity index is 1480. The molecule has 5 aromatic carbocycles. The number of allylic oxidation sites excluding steroid dienone is 1. The molecule has 0 saturated heterocycles. The van der Waals surface area contributed by atoms with Crippen molar-refractivity contribution >= 4 is 41.9 Å². The van der Waals surface area contributed by atoms with E-state index in [1.54, 1.807) is 0 Å². The molecule has 5 rings (SSSR count). The fraction of sp³-hybridized carbons (Fsp3) is 0.256. The predicted molar refractivity (Wildman–Crippen MR) is 206 cm³/mol. The van der Waals surface area contributed by atoms with Gasteiger partial charge in [0.1, 0.15) is 23.2 Å². The molecular formula is C43H50OPSi+. The van der Waals surface area contributed by atoms with Crippen LogP contribution in [-0.4, -0.2) is 20.6 Å². The van der Waals surface area contributed by atoms with Gasteiger partial charge in [0, 0.05) is 0 Å². The fourth-order valence-electron chi connectivity index (χ4n) is 6.89. The maximum Gasteiger partial charge on any atom is 0.261 e. The Morgan fingerprint density at radius 3 is 1.35 bits per heavy atom. The van der Waals surface area contributed by atoms with E-state index in [2.05, 4.69) is 192 Å². The Balaban J connectivity index is 1.62. The van der Waals surface area contributed by atoms with Crippen molar-refractivity contribution in [1.82, 2.24) is 0 Å². The van der Waals surface area contributed by atoms with Crippen LogP contribution in [0.4, 0.5) is 0 Å². The molecule has 1 unspecified atom stereocenters. The normalized spacial score (nSPS) is 13.1. The maximum atomic E-state index is 7.72. The largest absolute Gasteiger partial charge is 0.401 e. The molecule has 1 atom stereocenters. The van der Waals surface area contributed by atoms with Crippen LogP contribution in [0.2, 0.25) is 5.04 Å². The van der Waals surface area contributed by atoms with E-state index in [-0.39, 0.29) is 11.1 Å². The molecule has 0 amide bonds. The minimum atomic E-state index is -2.70. The molecule has 0 fully saturated rings. The van der Waals surface area contributed by atoms with Gasteiger partial charge in [-0.15, -0.1) is 0 Å². The van der Waals surface area contributed by atoms with Crippen LogP contribution in [0, 0.1) is 0 Å². The number of rotatable bonds is 14. The number of benzene rings is 5. The highest BCUT2D eigenvalue weighted by Crippen LogP contribution is 2.55. The van der Waals surface area contributed by atoms with Gasteiger partial charge >= 0.3 is 0 Å². The third-order valence-corrected chi connectivity index (χ3v) is 18.5. The summed E-state index contributed by atoms with van der Waals surface area (Å²) in [4.78, 5) is 0. The van der Waals surface area contributed by atoms with Crippen molar-refractivity contribution in [2.45, 2.75) is 64.5 Å². The lowest BCUT2D eigenvalue weighted by Crippen LogP contribution is -2.67. The summed E-state index contributed by atoms with van der Waals surface area (Å²) >= 11 is 0. The zero-order valence-electron chi connectivity index (χ0n) is 28.1. The van der Waals surface area contributed by atoms with E-state index in [0.717, 1.165) is 19.0 Å². The highest BCUT2D eigenvalue weighted by atomic mass is 31.2. The maximum absolute atomic E-state index is 7.72. The van der Waals surface area contributed by atoms with Crippen molar-refractivity contribution in [3.05, 3.63) is 164 Å². The molecule has 3 heteroatoms. The lowest BCUT2D eigenvalue weighted by Gasteiger charge is -2.45. The Labute approximate surface area is 279 Å². The number of hydrogen-bond acceptors (Lipinski definition) is 1. The first-order chi connectivity index (χ1) is 22.4. The first-order valence-electron chi connectivity index (χ1n) is 16.9. The molecule has 0 N–H and O–H groups in total. The molecule has 0 aliphatic carbocycles. The number of unbranched alkanes of at least 4 members (excludes halogenated alkanes) is 2. The molecule has 236 valence electrons. The molecule has 1 nitrogen and oxygen atoms in total. The zero-order chi connectivity index (χ0) is 32.3. The summed E-state index contributed by atoms with van der Waals surface area (Å²) < 4.78 is 7.72. The minimum Gasteiger partial charge on any atom is -0.401 e.